The van der Waals surface area contributed by atoms with E-state index in [4.69, 9.17) is 10.00 Å². The number of carbonyl (C=O) groups excluding carboxylic acids is 1. The molecule has 1 saturated heterocycles. The van der Waals surface area contributed by atoms with E-state index < -0.39 is 16.0 Å². The Morgan fingerprint density at radius 1 is 1.45 bits per heavy atom. The maximum atomic E-state index is 12.7. The molecule has 0 radical (unpaired) electrons. The summed E-state index contributed by atoms with van der Waals surface area (Å²) in [5.41, 5.74) is 0.126. The van der Waals surface area contributed by atoms with Crippen molar-refractivity contribution in [3.8, 4) is 6.07 Å². The lowest BCUT2D eigenvalue weighted by atomic mass is 10.1. The first-order chi connectivity index (χ1) is 10.5. The second kappa shape index (κ2) is 6.90. The van der Waals surface area contributed by atoms with E-state index in [-0.39, 0.29) is 23.1 Å². The number of hydrogen-bond donors (Lipinski definition) is 0. The van der Waals surface area contributed by atoms with Crippen molar-refractivity contribution in [3.63, 3.8) is 0 Å². The average Bonchev–Trinajstić information content (AvgIpc) is 2.53. The topological polar surface area (TPSA) is 87.5 Å². The maximum Gasteiger partial charge on any atom is 0.339 e. The number of nitriles is 1. The van der Waals surface area contributed by atoms with Crippen LogP contribution in [-0.4, -0.2) is 37.9 Å². The molecule has 7 heteroatoms. The van der Waals surface area contributed by atoms with Crippen LogP contribution >= 0.6 is 0 Å². The molecule has 0 spiro atoms. The number of piperidine rings is 1. The Balaban J connectivity index is 2.28. The molecule has 0 amide bonds. The number of ether oxygens (including phenoxy) is 1. The second-order valence-electron chi connectivity index (χ2n) is 5.22. The molecule has 0 N–H and O–H groups in total. The van der Waals surface area contributed by atoms with Crippen LogP contribution in [0.25, 0.3) is 0 Å². The van der Waals surface area contributed by atoms with Crippen LogP contribution in [0.5, 0.6) is 0 Å². The number of nitrogens with zero attached hydrogens (tertiary/aromatic N) is 2. The first kappa shape index (κ1) is 16.5. The summed E-state index contributed by atoms with van der Waals surface area (Å²) in [5, 5.41) is 8.42. The quantitative estimate of drug-likeness (QED) is 0.790. The van der Waals surface area contributed by atoms with Crippen LogP contribution in [-0.2, 0) is 14.8 Å². The van der Waals surface area contributed by atoms with Crippen molar-refractivity contribution in [2.45, 2.75) is 37.1 Å². The van der Waals surface area contributed by atoms with Gasteiger partial charge in [-0.05, 0) is 38.0 Å². The van der Waals surface area contributed by atoms with E-state index in [2.05, 4.69) is 0 Å². The van der Waals surface area contributed by atoms with Crippen LogP contribution in [0.4, 0.5) is 0 Å². The summed E-state index contributed by atoms with van der Waals surface area (Å²) in [5.74, 6) is -0.703. The summed E-state index contributed by atoms with van der Waals surface area (Å²) in [4.78, 5) is 11.8. The molecule has 1 fully saturated rings. The monoisotopic (exact) mass is 322 g/mol. The van der Waals surface area contributed by atoms with E-state index in [1.165, 1.54) is 28.6 Å². The van der Waals surface area contributed by atoms with Crippen LogP contribution in [0.15, 0.2) is 29.2 Å². The highest BCUT2D eigenvalue weighted by Crippen LogP contribution is 2.25. The fourth-order valence-electron chi connectivity index (χ4n) is 2.53. The van der Waals surface area contributed by atoms with Gasteiger partial charge in [0.15, 0.2) is 6.61 Å². The molecule has 22 heavy (non-hydrogen) atoms. The van der Waals surface area contributed by atoms with Crippen LogP contribution < -0.4 is 0 Å². The number of benzene rings is 1. The molecular weight excluding hydrogens is 304 g/mol. The van der Waals surface area contributed by atoms with Gasteiger partial charge in [0.2, 0.25) is 10.0 Å². The molecule has 0 aromatic heterocycles. The third-order valence-electron chi connectivity index (χ3n) is 3.69. The lowest BCUT2D eigenvalue weighted by Crippen LogP contribution is -2.41. The average molecular weight is 322 g/mol. The highest BCUT2D eigenvalue weighted by atomic mass is 32.2. The molecule has 0 aliphatic carbocycles. The first-order valence-corrected chi connectivity index (χ1v) is 8.57. The van der Waals surface area contributed by atoms with Gasteiger partial charge in [0.1, 0.15) is 6.07 Å². The molecule has 2 rings (SSSR count). The van der Waals surface area contributed by atoms with E-state index in [1.807, 2.05) is 6.92 Å². The molecule has 1 atom stereocenters. The predicted molar refractivity (Wildman–Crippen MR) is 79.5 cm³/mol. The van der Waals surface area contributed by atoms with Gasteiger partial charge in [-0.2, -0.15) is 9.57 Å². The molecule has 1 heterocycles. The molecule has 118 valence electrons. The van der Waals surface area contributed by atoms with E-state index in [0.717, 1.165) is 19.3 Å². The predicted octanol–water partition coefficient (Wildman–Crippen LogP) is 1.93. The third-order valence-corrected chi connectivity index (χ3v) is 5.70. The Morgan fingerprint density at radius 2 is 2.23 bits per heavy atom. The molecule has 1 aromatic carbocycles. The van der Waals surface area contributed by atoms with Gasteiger partial charge < -0.3 is 4.74 Å². The van der Waals surface area contributed by atoms with E-state index in [1.54, 1.807) is 6.07 Å². The van der Waals surface area contributed by atoms with E-state index >= 15 is 0 Å². The number of esters is 1. The highest BCUT2D eigenvalue weighted by Gasteiger charge is 2.31. The molecule has 1 aliphatic heterocycles. The van der Waals surface area contributed by atoms with Gasteiger partial charge >= 0.3 is 5.97 Å². The summed E-state index contributed by atoms with van der Waals surface area (Å²) in [6.45, 7) is 2.02. The molecule has 1 aromatic rings. The Kier molecular flexibility index (Phi) is 5.16. The molecule has 1 aliphatic rings. The molecule has 0 bridgehead atoms. The molecule has 6 nitrogen and oxygen atoms in total. The number of carbonyl (C=O) groups is 1. The van der Waals surface area contributed by atoms with Crippen LogP contribution in [0, 0.1) is 11.3 Å². The van der Waals surface area contributed by atoms with Gasteiger partial charge in [-0.1, -0.05) is 12.5 Å². The van der Waals surface area contributed by atoms with Crippen molar-refractivity contribution in [3.05, 3.63) is 29.8 Å². The zero-order valence-corrected chi connectivity index (χ0v) is 13.2. The van der Waals surface area contributed by atoms with Gasteiger partial charge in [0.25, 0.3) is 0 Å². The van der Waals surface area contributed by atoms with Crippen molar-refractivity contribution in [1.82, 2.24) is 4.31 Å². The number of hydrogen-bond acceptors (Lipinski definition) is 5. The van der Waals surface area contributed by atoms with E-state index in [9.17, 15) is 13.2 Å². The summed E-state index contributed by atoms with van der Waals surface area (Å²) in [6.07, 6.45) is 2.70. The lowest BCUT2D eigenvalue weighted by Gasteiger charge is -2.32. The second-order valence-corrected chi connectivity index (χ2v) is 7.11. The molecule has 0 unspecified atom stereocenters. The largest absolute Gasteiger partial charge is 0.447 e. The minimum atomic E-state index is -3.63. The minimum absolute atomic E-state index is 0.0482. The summed E-state index contributed by atoms with van der Waals surface area (Å²) in [7, 11) is -3.63. The van der Waals surface area contributed by atoms with Crippen molar-refractivity contribution in [2.75, 3.05) is 13.2 Å². The number of rotatable bonds is 4. The fraction of sp³-hybridized carbons (Fsp3) is 0.467. The van der Waals surface area contributed by atoms with Crippen molar-refractivity contribution in [1.29, 1.82) is 5.26 Å². The molecular formula is C15H18N2O4S. The standard InChI is InChI=1S/C15H18N2O4S/c1-12-5-2-3-9-17(12)22(19,20)14-7-4-6-13(11-14)15(18)21-10-8-16/h4,6-7,11-12H,2-3,5,9-10H2,1H3/t12-/m0/s1. The zero-order valence-electron chi connectivity index (χ0n) is 12.4. The van der Waals surface area contributed by atoms with Crippen LogP contribution in [0.1, 0.15) is 36.5 Å². The Hall–Kier alpha value is -1.91. The van der Waals surface area contributed by atoms with Gasteiger partial charge in [-0.3, -0.25) is 0 Å². The highest BCUT2D eigenvalue weighted by molar-refractivity contribution is 7.89. The summed E-state index contributed by atoms with van der Waals surface area (Å²) in [6, 6.07) is 7.40. The minimum Gasteiger partial charge on any atom is -0.447 e. The third kappa shape index (κ3) is 3.46. The summed E-state index contributed by atoms with van der Waals surface area (Å²) >= 11 is 0. The maximum absolute atomic E-state index is 12.7. The fourth-order valence-corrected chi connectivity index (χ4v) is 4.27. The van der Waals surface area contributed by atoms with Gasteiger partial charge in [0.05, 0.1) is 10.5 Å². The van der Waals surface area contributed by atoms with Crippen LogP contribution in [0.3, 0.4) is 0 Å². The Labute approximate surface area is 130 Å². The Morgan fingerprint density at radius 3 is 2.91 bits per heavy atom. The normalized spacial score (nSPS) is 19.4. The van der Waals surface area contributed by atoms with Gasteiger partial charge in [-0.15, -0.1) is 0 Å². The first-order valence-electron chi connectivity index (χ1n) is 7.13. The molecule has 0 saturated carbocycles. The van der Waals surface area contributed by atoms with Gasteiger partial charge in [0, 0.05) is 12.6 Å². The lowest BCUT2D eigenvalue weighted by molar-refractivity contribution is 0.0554. The van der Waals surface area contributed by atoms with Crippen molar-refractivity contribution >= 4 is 16.0 Å². The van der Waals surface area contributed by atoms with Crippen molar-refractivity contribution in [2.24, 2.45) is 0 Å². The number of sulfonamides is 1. The van der Waals surface area contributed by atoms with Gasteiger partial charge in [-0.25, -0.2) is 13.2 Å². The van der Waals surface area contributed by atoms with Crippen molar-refractivity contribution < 1.29 is 17.9 Å². The van der Waals surface area contributed by atoms with Crippen LogP contribution in [0.2, 0.25) is 0 Å². The smallest absolute Gasteiger partial charge is 0.339 e. The Bertz CT molecular complexity index is 694. The zero-order chi connectivity index (χ0) is 16.2. The van der Waals surface area contributed by atoms with E-state index in [0.29, 0.717) is 6.54 Å². The SMILES string of the molecule is C[C@H]1CCCCN1S(=O)(=O)c1cccc(C(=O)OCC#N)c1. The summed E-state index contributed by atoms with van der Waals surface area (Å²) < 4.78 is 31.6.